The van der Waals surface area contributed by atoms with Crippen molar-refractivity contribution in [3.8, 4) is 11.8 Å². The fourth-order valence-electron chi connectivity index (χ4n) is 6.12. The molecular weight excluding hydrogens is 630 g/mol. The van der Waals surface area contributed by atoms with E-state index in [9.17, 15) is 13.2 Å². The normalized spacial score (nSPS) is 16.5. The molecule has 1 aliphatic rings. The molecule has 0 saturated carbocycles. The monoisotopic (exact) mass is 669 g/mol. The van der Waals surface area contributed by atoms with Gasteiger partial charge in [-0.3, -0.25) is 4.79 Å². The summed E-state index contributed by atoms with van der Waals surface area (Å²) in [5, 5.41) is 11.7. The van der Waals surface area contributed by atoms with Crippen LogP contribution in [0.3, 0.4) is 0 Å². The Morgan fingerprint density at radius 2 is 1.94 bits per heavy atom. The molecule has 0 radical (unpaired) electrons. The van der Waals surface area contributed by atoms with E-state index in [1.165, 1.54) is 23.7 Å². The van der Waals surface area contributed by atoms with Gasteiger partial charge in [0.05, 0.1) is 31.1 Å². The smallest absolute Gasteiger partial charge is 0.248 e. The highest BCUT2D eigenvalue weighted by Gasteiger charge is 2.35. The average molecular weight is 670 g/mol. The van der Waals surface area contributed by atoms with Crippen molar-refractivity contribution in [2.45, 2.75) is 70.5 Å². The van der Waals surface area contributed by atoms with Crippen LogP contribution in [0, 0.1) is 13.8 Å². The molecule has 0 saturated heterocycles. The summed E-state index contributed by atoms with van der Waals surface area (Å²) < 4.78 is 42.3. The number of benzene rings is 2. The third-order valence-electron chi connectivity index (χ3n) is 8.89. The van der Waals surface area contributed by atoms with Crippen LogP contribution in [-0.2, 0) is 27.9 Å². The first-order chi connectivity index (χ1) is 23.1. The number of hydrogen-bond donors (Lipinski definition) is 1. The van der Waals surface area contributed by atoms with Crippen molar-refractivity contribution >= 4 is 32.7 Å². The van der Waals surface area contributed by atoms with Crippen LogP contribution in [0.25, 0.3) is 11.0 Å². The molecule has 1 amide bonds. The van der Waals surface area contributed by atoms with Gasteiger partial charge in [0, 0.05) is 37.7 Å². The number of fused-ring (bicyclic) bond motifs is 2. The van der Waals surface area contributed by atoms with Crippen molar-refractivity contribution < 1.29 is 22.7 Å². The Balaban J connectivity index is 1.38. The lowest BCUT2D eigenvalue weighted by atomic mass is 9.84. The lowest BCUT2D eigenvalue weighted by Crippen LogP contribution is -2.36. The average Bonchev–Trinajstić information content (AvgIpc) is 3.48. The number of amides is 1. The summed E-state index contributed by atoms with van der Waals surface area (Å²) in [5.74, 6) is 0.00324. The van der Waals surface area contributed by atoms with Crippen LogP contribution in [0.4, 0.5) is 5.69 Å². The second kappa shape index (κ2) is 13.7. The lowest BCUT2D eigenvalue weighted by Gasteiger charge is -2.25. The molecule has 0 spiro atoms. The summed E-state index contributed by atoms with van der Waals surface area (Å²) >= 11 is 0. The van der Waals surface area contributed by atoms with Crippen LogP contribution in [-0.4, -0.2) is 63.4 Å². The second-order valence-corrected chi connectivity index (χ2v) is 13.8. The summed E-state index contributed by atoms with van der Waals surface area (Å²) in [6.07, 6.45) is 3.48. The maximum Gasteiger partial charge on any atom is 0.248 e. The number of hydrogen-bond acceptors (Lipinski definition) is 9. The van der Waals surface area contributed by atoms with Gasteiger partial charge in [0.2, 0.25) is 27.7 Å². The van der Waals surface area contributed by atoms with Gasteiger partial charge in [-0.05, 0) is 79.3 Å². The molecular formula is C35H39N7O5S. The van der Waals surface area contributed by atoms with E-state index in [1.807, 2.05) is 62.7 Å². The lowest BCUT2D eigenvalue weighted by molar-refractivity contribution is -0.116. The number of aryl methyl sites for hydroxylation is 3. The highest BCUT2D eigenvalue weighted by molar-refractivity contribution is 7.89. The summed E-state index contributed by atoms with van der Waals surface area (Å²) in [6, 6.07) is 16.6. The number of anilines is 1. The van der Waals surface area contributed by atoms with Gasteiger partial charge in [-0.15, -0.1) is 5.10 Å². The van der Waals surface area contributed by atoms with Crippen LogP contribution in [0.1, 0.15) is 60.4 Å². The van der Waals surface area contributed by atoms with Crippen molar-refractivity contribution in [1.29, 1.82) is 0 Å². The molecule has 6 rings (SSSR count). The SMILES string of the molecule is CC[C@@H]1CN(Cc2cc(C(CC(=O)Nc3ccc(OC)nc3)c3ccc4c(nnn4CC)c3C)ccc2C)S(=O)(=O)c2cccnc2O1. The molecule has 250 valence electrons. The Kier molecular flexibility index (Phi) is 9.42. The number of carbonyl (C=O) groups is 1. The largest absolute Gasteiger partial charge is 0.481 e. The Morgan fingerprint density at radius 3 is 2.67 bits per heavy atom. The zero-order valence-electron chi connectivity index (χ0n) is 27.7. The Hall–Kier alpha value is -4.88. The first kappa shape index (κ1) is 33.0. The second-order valence-electron chi connectivity index (χ2n) is 11.9. The van der Waals surface area contributed by atoms with E-state index in [1.54, 1.807) is 24.4 Å². The van der Waals surface area contributed by atoms with Crippen molar-refractivity contribution in [2.24, 2.45) is 0 Å². The van der Waals surface area contributed by atoms with E-state index in [2.05, 4.69) is 25.6 Å². The molecule has 48 heavy (non-hydrogen) atoms. The van der Waals surface area contributed by atoms with Crippen LogP contribution in [0.2, 0.25) is 0 Å². The zero-order chi connectivity index (χ0) is 34.0. The van der Waals surface area contributed by atoms with Gasteiger partial charge in [-0.25, -0.2) is 23.1 Å². The van der Waals surface area contributed by atoms with Gasteiger partial charge < -0.3 is 14.8 Å². The van der Waals surface area contributed by atoms with Gasteiger partial charge in [0.15, 0.2) is 0 Å². The van der Waals surface area contributed by atoms with Gasteiger partial charge in [-0.1, -0.05) is 36.4 Å². The molecule has 1 N–H and O–H groups in total. The number of sulfonamides is 1. The van der Waals surface area contributed by atoms with Gasteiger partial charge >= 0.3 is 0 Å². The molecule has 0 bridgehead atoms. The topological polar surface area (TPSA) is 141 Å². The number of nitrogens with zero attached hydrogens (tertiary/aromatic N) is 6. The van der Waals surface area contributed by atoms with Crippen molar-refractivity contribution in [3.05, 3.63) is 94.8 Å². The highest BCUT2D eigenvalue weighted by atomic mass is 32.2. The van der Waals surface area contributed by atoms with E-state index < -0.39 is 10.0 Å². The summed E-state index contributed by atoms with van der Waals surface area (Å²) in [6.45, 7) is 8.94. The fraction of sp³-hybridized carbons (Fsp3) is 0.343. The zero-order valence-corrected chi connectivity index (χ0v) is 28.5. The minimum absolute atomic E-state index is 0.0568. The van der Waals surface area contributed by atoms with Crippen LogP contribution >= 0.6 is 0 Å². The molecule has 2 aromatic carbocycles. The van der Waals surface area contributed by atoms with Crippen LogP contribution in [0.15, 0.2) is 71.9 Å². The third kappa shape index (κ3) is 6.47. The molecule has 13 heteroatoms. The Labute approximate surface area is 280 Å². The Bertz CT molecular complexity index is 2060. The number of ether oxygens (including phenoxy) is 2. The highest BCUT2D eigenvalue weighted by Crippen LogP contribution is 2.36. The molecule has 0 fully saturated rings. The van der Waals surface area contributed by atoms with E-state index in [4.69, 9.17) is 9.47 Å². The summed E-state index contributed by atoms with van der Waals surface area (Å²) in [4.78, 5) is 22.1. The number of carbonyl (C=O) groups excluding carboxylic acids is 1. The third-order valence-corrected chi connectivity index (χ3v) is 10.7. The van der Waals surface area contributed by atoms with Crippen molar-refractivity contribution in [1.82, 2.24) is 29.3 Å². The van der Waals surface area contributed by atoms with Crippen LogP contribution < -0.4 is 14.8 Å². The number of nitrogens with one attached hydrogen (secondary N) is 1. The standard InChI is InChI=1S/C35H39N7O5S/c1-6-27-21-41(48(44,45)31-9-8-16-36-35(31)47-27)20-25-17-24(11-10-22(25)3)29(18-32(43)38-26-12-15-33(46-5)37-19-26)28-13-14-30-34(23(28)4)39-40-42(30)7-2/h8-17,19,27,29H,6-7,18,20-21H2,1-5H3,(H,38,43)/t27-,29?/m1/s1. The van der Waals surface area contributed by atoms with Crippen molar-refractivity contribution in [3.63, 3.8) is 0 Å². The van der Waals surface area contributed by atoms with Crippen molar-refractivity contribution in [2.75, 3.05) is 19.0 Å². The van der Waals surface area contributed by atoms with E-state index >= 15 is 0 Å². The maximum absolute atomic E-state index is 13.9. The summed E-state index contributed by atoms with van der Waals surface area (Å²) in [7, 11) is -2.37. The number of methoxy groups -OCH3 is 1. The van der Waals surface area contributed by atoms with E-state index in [0.29, 0.717) is 24.5 Å². The molecule has 1 aliphatic heterocycles. The minimum Gasteiger partial charge on any atom is -0.481 e. The fourth-order valence-corrected chi connectivity index (χ4v) is 7.65. The first-order valence-electron chi connectivity index (χ1n) is 16.0. The van der Waals surface area contributed by atoms with E-state index in [0.717, 1.165) is 38.9 Å². The predicted octanol–water partition coefficient (Wildman–Crippen LogP) is 5.39. The molecule has 2 atom stereocenters. The number of aromatic nitrogens is 5. The van der Waals surface area contributed by atoms with Gasteiger partial charge in [0.25, 0.3) is 0 Å². The van der Waals surface area contributed by atoms with E-state index in [-0.39, 0.29) is 48.2 Å². The van der Waals surface area contributed by atoms with Crippen LogP contribution in [0.5, 0.6) is 11.8 Å². The number of rotatable bonds is 10. The molecule has 0 aliphatic carbocycles. The summed E-state index contributed by atoms with van der Waals surface area (Å²) in [5.41, 5.74) is 6.76. The number of pyridine rings is 2. The maximum atomic E-state index is 13.9. The van der Waals surface area contributed by atoms with Gasteiger partial charge in [0.1, 0.15) is 16.5 Å². The minimum atomic E-state index is -3.90. The van der Waals surface area contributed by atoms with Gasteiger partial charge in [-0.2, -0.15) is 4.31 Å². The molecule has 12 nitrogen and oxygen atoms in total. The molecule has 4 heterocycles. The predicted molar refractivity (Wildman–Crippen MR) is 182 cm³/mol. The first-order valence-corrected chi connectivity index (χ1v) is 17.4. The molecule has 3 aromatic heterocycles. The Morgan fingerprint density at radius 1 is 1.10 bits per heavy atom. The molecule has 5 aromatic rings. The molecule has 1 unspecified atom stereocenters. The quantitative estimate of drug-likeness (QED) is 0.207.